The minimum atomic E-state index is -0.519. The number of esters is 2. The van der Waals surface area contributed by atoms with Crippen molar-refractivity contribution in [2.24, 2.45) is 23.7 Å². The largest absolute Gasteiger partial charge is 0.461 e. The quantitative estimate of drug-likeness (QED) is 0.580. The summed E-state index contributed by atoms with van der Waals surface area (Å²) in [4.78, 5) is 36.7. The summed E-state index contributed by atoms with van der Waals surface area (Å²) in [5, 5.41) is 2.81. The van der Waals surface area contributed by atoms with Gasteiger partial charge in [0.1, 0.15) is 6.10 Å². The molecule has 4 rings (SSSR count). The number of fused-ring (bicyclic) bond motifs is 1. The first-order valence-corrected chi connectivity index (χ1v) is 9.74. The van der Waals surface area contributed by atoms with E-state index in [1.165, 1.54) is 0 Å². The number of ether oxygens (including phenoxy) is 2. The zero-order valence-electron chi connectivity index (χ0n) is 14.3. The van der Waals surface area contributed by atoms with Crippen LogP contribution in [0.2, 0.25) is 0 Å². The monoisotopic (exact) mass is 421 g/mol. The molecule has 2 saturated carbocycles. The minimum absolute atomic E-state index is 0.0142. The molecule has 1 aliphatic heterocycles. The molecule has 1 amide bonds. The lowest BCUT2D eigenvalue weighted by atomic mass is 9.80. The van der Waals surface area contributed by atoms with E-state index in [-0.39, 0.29) is 47.3 Å². The van der Waals surface area contributed by atoms with Crippen molar-refractivity contribution in [2.75, 3.05) is 6.61 Å². The first-order chi connectivity index (χ1) is 12.5. The molecule has 3 aliphatic rings. The Hall–Kier alpha value is -1.89. The van der Waals surface area contributed by atoms with E-state index in [2.05, 4.69) is 21.2 Å². The van der Waals surface area contributed by atoms with Crippen LogP contribution in [-0.4, -0.2) is 35.4 Å². The molecule has 3 fully saturated rings. The van der Waals surface area contributed by atoms with Crippen molar-refractivity contribution in [2.45, 2.75) is 30.3 Å². The van der Waals surface area contributed by atoms with Crippen LogP contribution in [0, 0.1) is 23.7 Å². The van der Waals surface area contributed by atoms with Gasteiger partial charge in [0, 0.05) is 5.92 Å². The highest BCUT2D eigenvalue weighted by atomic mass is 79.9. The van der Waals surface area contributed by atoms with Crippen LogP contribution in [0.5, 0.6) is 0 Å². The number of carbonyl (C=O) groups excluding carboxylic acids is 3. The van der Waals surface area contributed by atoms with Gasteiger partial charge in [0.05, 0.1) is 22.7 Å². The Morgan fingerprint density at radius 1 is 1.31 bits per heavy atom. The fraction of sp³-hybridized carbons (Fsp3) is 0.526. The van der Waals surface area contributed by atoms with Crippen LogP contribution < -0.4 is 5.32 Å². The van der Waals surface area contributed by atoms with Gasteiger partial charge in [-0.15, -0.1) is 0 Å². The van der Waals surface area contributed by atoms with Crippen LogP contribution in [0.4, 0.5) is 0 Å². The van der Waals surface area contributed by atoms with Gasteiger partial charge in [-0.05, 0) is 24.8 Å². The van der Waals surface area contributed by atoms with E-state index in [0.29, 0.717) is 0 Å². The van der Waals surface area contributed by atoms with Crippen molar-refractivity contribution >= 4 is 33.8 Å². The molecule has 138 valence electrons. The highest BCUT2D eigenvalue weighted by molar-refractivity contribution is 9.09. The van der Waals surface area contributed by atoms with Gasteiger partial charge in [0.25, 0.3) is 5.91 Å². The molecule has 1 aromatic carbocycles. The summed E-state index contributed by atoms with van der Waals surface area (Å²) in [6.07, 6.45) is 0.658. The molecule has 1 aromatic rings. The molecule has 0 radical (unpaired) electrons. The molecule has 6 nitrogen and oxygen atoms in total. The summed E-state index contributed by atoms with van der Waals surface area (Å²) in [6, 6.07) is 9.37. The third kappa shape index (κ3) is 2.82. The highest BCUT2D eigenvalue weighted by Crippen LogP contribution is 2.60. The van der Waals surface area contributed by atoms with Gasteiger partial charge in [0.2, 0.25) is 0 Å². The molecule has 0 aromatic heterocycles. The molecule has 1 saturated heterocycles. The normalized spacial score (nSPS) is 35.1. The van der Waals surface area contributed by atoms with Crippen LogP contribution in [0.1, 0.15) is 24.9 Å². The lowest BCUT2D eigenvalue weighted by Gasteiger charge is -2.26. The fourth-order valence-electron chi connectivity index (χ4n) is 4.64. The van der Waals surface area contributed by atoms with Crippen molar-refractivity contribution in [3.63, 3.8) is 0 Å². The average molecular weight is 422 g/mol. The van der Waals surface area contributed by atoms with E-state index in [1.807, 2.05) is 37.3 Å². The molecule has 7 atom stereocenters. The number of nitrogens with one attached hydrogen (secondary N) is 1. The minimum Gasteiger partial charge on any atom is -0.461 e. The standard InChI is InChI=1S/C19H20BrNO5/c1-9(10-5-3-2-4-6-10)21-13(22)8-25-18(23)14-11-7-12-15(14)19(24)26-17(12)16(11)20/h2-6,9,11-12,14-17H,7-8H2,1H3,(H,21,22)/t9-,11+,12+,14+,15-,16+,17-/m0/s1. The number of amides is 1. The van der Waals surface area contributed by atoms with Crippen LogP contribution in [-0.2, 0) is 23.9 Å². The molecule has 26 heavy (non-hydrogen) atoms. The SMILES string of the molecule is C[C@H](NC(=O)COC(=O)[C@@H]1[C@H]2C[C@H]3[C@H](OC(=O)[C@@H]31)[C@@H]2Br)c1ccccc1. The van der Waals surface area contributed by atoms with Crippen molar-refractivity contribution < 1.29 is 23.9 Å². The number of halogens is 1. The zero-order valence-corrected chi connectivity index (χ0v) is 15.8. The lowest BCUT2D eigenvalue weighted by molar-refractivity contribution is -0.158. The summed E-state index contributed by atoms with van der Waals surface area (Å²) in [5.74, 6) is -1.98. The van der Waals surface area contributed by atoms with Gasteiger partial charge in [-0.25, -0.2) is 0 Å². The molecule has 2 aliphatic carbocycles. The first-order valence-electron chi connectivity index (χ1n) is 8.83. The van der Waals surface area contributed by atoms with Gasteiger partial charge >= 0.3 is 11.9 Å². The summed E-state index contributed by atoms with van der Waals surface area (Å²) in [6.45, 7) is 1.52. The smallest absolute Gasteiger partial charge is 0.310 e. The van der Waals surface area contributed by atoms with E-state index in [0.717, 1.165) is 12.0 Å². The van der Waals surface area contributed by atoms with E-state index in [4.69, 9.17) is 9.47 Å². The Labute approximate surface area is 159 Å². The molecule has 0 spiro atoms. The molecule has 1 heterocycles. The molecule has 1 N–H and O–H groups in total. The van der Waals surface area contributed by atoms with Crippen molar-refractivity contribution in [1.82, 2.24) is 5.32 Å². The number of alkyl halides is 1. The molecule has 2 bridgehead atoms. The second-order valence-electron chi connectivity index (χ2n) is 7.27. The number of hydrogen-bond donors (Lipinski definition) is 1. The maximum atomic E-state index is 12.5. The Bertz CT molecular complexity index is 739. The number of hydrogen-bond acceptors (Lipinski definition) is 5. The van der Waals surface area contributed by atoms with Gasteiger partial charge in [0.15, 0.2) is 6.61 Å². The molecule has 0 unspecified atom stereocenters. The van der Waals surface area contributed by atoms with Crippen molar-refractivity contribution in [1.29, 1.82) is 0 Å². The Morgan fingerprint density at radius 2 is 2.04 bits per heavy atom. The third-order valence-electron chi connectivity index (χ3n) is 5.82. The number of carbonyl (C=O) groups is 3. The predicted molar refractivity (Wildman–Crippen MR) is 95.1 cm³/mol. The summed E-state index contributed by atoms with van der Waals surface area (Å²) in [7, 11) is 0. The molecular weight excluding hydrogens is 402 g/mol. The lowest BCUT2D eigenvalue weighted by Crippen LogP contribution is -2.40. The predicted octanol–water partition coefficient (Wildman–Crippen LogP) is 1.98. The van der Waals surface area contributed by atoms with Crippen molar-refractivity contribution in [3.8, 4) is 0 Å². The number of benzene rings is 1. The Morgan fingerprint density at radius 3 is 2.77 bits per heavy atom. The maximum absolute atomic E-state index is 12.5. The van der Waals surface area contributed by atoms with Crippen LogP contribution >= 0.6 is 15.9 Å². The third-order valence-corrected chi connectivity index (χ3v) is 7.02. The summed E-state index contributed by atoms with van der Waals surface area (Å²) < 4.78 is 10.6. The van der Waals surface area contributed by atoms with Crippen molar-refractivity contribution in [3.05, 3.63) is 35.9 Å². The maximum Gasteiger partial charge on any atom is 0.310 e. The summed E-state index contributed by atoms with van der Waals surface area (Å²) in [5.41, 5.74) is 0.974. The van der Waals surface area contributed by atoms with E-state index in [9.17, 15) is 14.4 Å². The van der Waals surface area contributed by atoms with Gasteiger partial charge < -0.3 is 14.8 Å². The number of rotatable bonds is 5. The van der Waals surface area contributed by atoms with Gasteiger partial charge in [-0.3, -0.25) is 14.4 Å². The molecule has 7 heteroatoms. The average Bonchev–Trinajstić information content (AvgIpc) is 3.24. The highest BCUT2D eigenvalue weighted by Gasteiger charge is 2.68. The Balaban J connectivity index is 1.33. The fourth-order valence-corrected chi connectivity index (χ4v) is 5.68. The van der Waals surface area contributed by atoms with E-state index < -0.39 is 17.8 Å². The topological polar surface area (TPSA) is 81.7 Å². The first kappa shape index (κ1) is 17.5. The van der Waals surface area contributed by atoms with Crippen LogP contribution in [0.15, 0.2) is 30.3 Å². The van der Waals surface area contributed by atoms with Gasteiger partial charge in [-0.2, -0.15) is 0 Å². The van der Waals surface area contributed by atoms with Gasteiger partial charge in [-0.1, -0.05) is 46.3 Å². The van der Waals surface area contributed by atoms with E-state index >= 15 is 0 Å². The van der Waals surface area contributed by atoms with Crippen LogP contribution in [0.3, 0.4) is 0 Å². The molecular formula is C19H20BrNO5. The summed E-state index contributed by atoms with van der Waals surface area (Å²) >= 11 is 3.56. The Kier molecular flexibility index (Phi) is 4.50. The second kappa shape index (κ2) is 6.68. The second-order valence-corrected chi connectivity index (χ2v) is 8.33. The van der Waals surface area contributed by atoms with E-state index in [1.54, 1.807) is 0 Å². The zero-order chi connectivity index (χ0) is 18.4. The van der Waals surface area contributed by atoms with Crippen LogP contribution in [0.25, 0.3) is 0 Å².